The summed E-state index contributed by atoms with van der Waals surface area (Å²) in [6.45, 7) is 2.67. The Labute approximate surface area is 161 Å². The average molecular weight is 384 g/mol. The van der Waals surface area contributed by atoms with Gasteiger partial charge in [0.2, 0.25) is 0 Å². The van der Waals surface area contributed by atoms with Crippen LogP contribution in [0, 0.1) is 5.82 Å². The first-order valence-electron chi connectivity index (χ1n) is 9.03. The maximum Gasteiger partial charge on any atom is 0.162 e. The number of nitrogens with zero attached hydrogens (tertiary/aromatic N) is 2. The fourth-order valence-corrected chi connectivity index (χ4v) is 3.02. The maximum atomic E-state index is 13.2. The van der Waals surface area contributed by atoms with Crippen LogP contribution in [0.5, 0.6) is 11.5 Å². The van der Waals surface area contributed by atoms with Crippen molar-refractivity contribution in [3.8, 4) is 11.5 Å². The van der Waals surface area contributed by atoms with Gasteiger partial charge in [-0.1, -0.05) is 0 Å². The summed E-state index contributed by atoms with van der Waals surface area (Å²) >= 11 is 0. The lowest BCUT2D eigenvalue weighted by molar-refractivity contribution is -0.000232. The molecule has 146 valence electrons. The lowest BCUT2D eigenvalue weighted by Gasteiger charge is -2.24. The molecule has 3 aromatic rings. The van der Waals surface area contributed by atoms with E-state index in [4.69, 9.17) is 14.2 Å². The van der Waals surface area contributed by atoms with Crippen LogP contribution in [0.15, 0.2) is 42.7 Å². The number of rotatable bonds is 6. The van der Waals surface area contributed by atoms with E-state index in [1.165, 1.54) is 18.5 Å². The van der Waals surface area contributed by atoms with Gasteiger partial charge < -0.3 is 24.8 Å². The third-order valence-electron chi connectivity index (χ3n) is 4.46. The molecule has 4 rings (SSSR count). The number of fused-ring (bicyclic) bond motifs is 1. The van der Waals surface area contributed by atoms with Gasteiger partial charge in [0.15, 0.2) is 11.5 Å². The van der Waals surface area contributed by atoms with Crippen molar-refractivity contribution < 1.29 is 18.6 Å². The van der Waals surface area contributed by atoms with Crippen molar-refractivity contribution in [1.82, 2.24) is 15.3 Å². The molecule has 1 saturated heterocycles. The highest BCUT2D eigenvalue weighted by atomic mass is 19.1. The van der Waals surface area contributed by atoms with E-state index in [2.05, 4.69) is 20.6 Å². The van der Waals surface area contributed by atoms with Gasteiger partial charge in [-0.05, 0) is 30.3 Å². The minimum absolute atomic E-state index is 0.0158. The van der Waals surface area contributed by atoms with E-state index in [-0.39, 0.29) is 11.9 Å². The third-order valence-corrected chi connectivity index (χ3v) is 4.46. The number of methoxy groups -OCH3 is 1. The number of morpholine rings is 1. The predicted molar refractivity (Wildman–Crippen MR) is 104 cm³/mol. The summed E-state index contributed by atoms with van der Waals surface area (Å²) in [5.41, 5.74) is 1.43. The van der Waals surface area contributed by atoms with Gasteiger partial charge in [0, 0.05) is 30.2 Å². The Hall–Kier alpha value is -2.97. The van der Waals surface area contributed by atoms with Gasteiger partial charge in [-0.15, -0.1) is 0 Å². The monoisotopic (exact) mass is 384 g/mol. The van der Waals surface area contributed by atoms with Crippen LogP contribution < -0.4 is 20.1 Å². The number of hydrogen-bond donors (Lipinski definition) is 2. The number of nitrogens with one attached hydrogen (secondary N) is 2. The van der Waals surface area contributed by atoms with Gasteiger partial charge >= 0.3 is 0 Å². The molecule has 0 aliphatic carbocycles. The summed E-state index contributed by atoms with van der Waals surface area (Å²) in [4.78, 5) is 8.64. The smallest absolute Gasteiger partial charge is 0.162 e. The van der Waals surface area contributed by atoms with E-state index >= 15 is 0 Å². The molecule has 2 heterocycles. The number of hydrogen-bond acceptors (Lipinski definition) is 7. The SMILES string of the molecule is COc1cc2ncnc(Nc3ccc(F)cc3)c2cc1OCC1CNCCO1. The van der Waals surface area contributed by atoms with E-state index in [0.29, 0.717) is 36.0 Å². The summed E-state index contributed by atoms with van der Waals surface area (Å²) in [5.74, 6) is 1.47. The van der Waals surface area contributed by atoms with Crippen LogP contribution in [0.3, 0.4) is 0 Å². The Morgan fingerprint density at radius 1 is 1.21 bits per heavy atom. The highest BCUT2D eigenvalue weighted by Gasteiger charge is 2.17. The van der Waals surface area contributed by atoms with Gasteiger partial charge in [0.25, 0.3) is 0 Å². The second-order valence-electron chi connectivity index (χ2n) is 6.38. The number of anilines is 2. The second kappa shape index (κ2) is 8.37. The topological polar surface area (TPSA) is 77.5 Å². The van der Waals surface area contributed by atoms with Crippen LogP contribution in [0.4, 0.5) is 15.9 Å². The van der Waals surface area contributed by atoms with Crippen molar-refractivity contribution >= 4 is 22.4 Å². The molecule has 1 aliphatic rings. The third kappa shape index (κ3) is 4.13. The number of aromatic nitrogens is 2. The minimum atomic E-state index is -0.294. The molecule has 1 aromatic heterocycles. The number of ether oxygens (including phenoxy) is 3. The van der Waals surface area contributed by atoms with Gasteiger partial charge in [-0.3, -0.25) is 0 Å². The fraction of sp³-hybridized carbons (Fsp3) is 0.300. The Kier molecular flexibility index (Phi) is 5.50. The van der Waals surface area contributed by atoms with E-state index in [0.717, 1.165) is 24.2 Å². The molecule has 1 aliphatic heterocycles. The average Bonchev–Trinajstić information content (AvgIpc) is 2.74. The molecule has 1 unspecified atom stereocenters. The first-order valence-corrected chi connectivity index (χ1v) is 9.03. The molecule has 0 bridgehead atoms. The molecular formula is C20H21FN4O3. The zero-order chi connectivity index (χ0) is 19.3. The minimum Gasteiger partial charge on any atom is -0.493 e. The van der Waals surface area contributed by atoms with E-state index in [1.807, 2.05) is 12.1 Å². The molecule has 7 nitrogen and oxygen atoms in total. The molecule has 0 radical (unpaired) electrons. The standard InChI is InChI=1S/C20H21FN4O3/c1-26-18-9-17-16(8-19(18)28-11-15-10-22-6-7-27-15)20(24-12-23-17)25-14-4-2-13(21)3-5-14/h2-5,8-9,12,15,22H,6-7,10-11H2,1H3,(H,23,24,25). The Morgan fingerprint density at radius 2 is 2.07 bits per heavy atom. The van der Waals surface area contributed by atoms with Crippen LogP contribution in [0.2, 0.25) is 0 Å². The largest absolute Gasteiger partial charge is 0.493 e. The molecule has 2 N–H and O–H groups in total. The highest BCUT2D eigenvalue weighted by molar-refractivity contribution is 5.93. The summed E-state index contributed by atoms with van der Waals surface area (Å²) in [5, 5.41) is 7.24. The van der Waals surface area contributed by atoms with Crippen LogP contribution >= 0.6 is 0 Å². The second-order valence-corrected chi connectivity index (χ2v) is 6.38. The van der Waals surface area contributed by atoms with E-state index in [1.54, 1.807) is 19.2 Å². The van der Waals surface area contributed by atoms with Crippen LogP contribution in [0.25, 0.3) is 10.9 Å². The lowest BCUT2D eigenvalue weighted by atomic mass is 10.2. The highest BCUT2D eigenvalue weighted by Crippen LogP contribution is 2.34. The van der Waals surface area contributed by atoms with Crippen LogP contribution in [0.1, 0.15) is 0 Å². The Balaban J connectivity index is 1.62. The molecule has 1 fully saturated rings. The molecule has 0 saturated carbocycles. The van der Waals surface area contributed by atoms with Gasteiger partial charge in [0.05, 0.1) is 19.2 Å². The molecule has 0 spiro atoms. The van der Waals surface area contributed by atoms with E-state index < -0.39 is 0 Å². The van der Waals surface area contributed by atoms with Crippen molar-refractivity contribution in [3.63, 3.8) is 0 Å². The van der Waals surface area contributed by atoms with Crippen LogP contribution in [-0.2, 0) is 4.74 Å². The Bertz CT molecular complexity index is 946. The Morgan fingerprint density at radius 3 is 2.82 bits per heavy atom. The molecule has 8 heteroatoms. The molecule has 28 heavy (non-hydrogen) atoms. The van der Waals surface area contributed by atoms with Gasteiger partial charge in [-0.25, -0.2) is 14.4 Å². The first-order chi connectivity index (χ1) is 13.7. The molecule has 0 amide bonds. The molecular weight excluding hydrogens is 363 g/mol. The maximum absolute atomic E-state index is 13.2. The first kappa shape index (κ1) is 18.4. The van der Waals surface area contributed by atoms with Crippen molar-refractivity contribution in [2.45, 2.75) is 6.10 Å². The summed E-state index contributed by atoms with van der Waals surface area (Å²) in [7, 11) is 1.59. The fourth-order valence-electron chi connectivity index (χ4n) is 3.02. The van der Waals surface area contributed by atoms with Gasteiger partial charge in [0.1, 0.15) is 30.7 Å². The predicted octanol–water partition coefficient (Wildman–Crippen LogP) is 2.89. The van der Waals surface area contributed by atoms with E-state index in [9.17, 15) is 4.39 Å². The zero-order valence-electron chi connectivity index (χ0n) is 15.4. The molecule has 2 aromatic carbocycles. The number of halogens is 1. The summed E-state index contributed by atoms with van der Waals surface area (Å²) in [6.07, 6.45) is 1.45. The van der Waals surface area contributed by atoms with Crippen molar-refractivity contribution in [1.29, 1.82) is 0 Å². The van der Waals surface area contributed by atoms with Crippen molar-refractivity contribution in [2.75, 3.05) is 38.7 Å². The van der Waals surface area contributed by atoms with Crippen molar-refractivity contribution in [3.05, 3.63) is 48.5 Å². The number of benzene rings is 2. The quantitative estimate of drug-likeness (QED) is 0.677. The summed E-state index contributed by atoms with van der Waals surface area (Å²) in [6, 6.07) is 9.73. The normalized spacial score (nSPS) is 16.7. The molecule has 1 atom stereocenters. The van der Waals surface area contributed by atoms with Crippen LogP contribution in [-0.4, -0.2) is 49.5 Å². The zero-order valence-corrected chi connectivity index (χ0v) is 15.4. The lowest BCUT2D eigenvalue weighted by Crippen LogP contribution is -2.41. The van der Waals surface area contributed by atoms with Crippen molar-refractivity contribution in [2.24, 2.45) is 0 Å². The summed E-state index contributed by atoms with van der Waals surface area (Å²) < 4.78 is 30.3. The van der Waals surface area contributed by atoms with Gasteiger partial charge in [-0.2, -0.15) is 0 Å².